The van der Waals surface area contributed by atoms with E-state index in [1.54, 1.807) is 7.05 Å². The Hall–Kier alpha value is -0.950. The number of likely N-dealkylation sites (N-methyl/N-ethyl adjacent to an activating group) is 1. The average molecular weight is 368 g/mol. The molecule has 0 unspecified atom stereocenters. The quantitative estimate of drug-likeness (QED) is 0.773. The second-order valence-electron chi connectivity index (χ2n) is 7.41. The molecule has 6 heteroatoms. The number of benzene rings is 1. The van der Waals surface area contributed by atoms with Crippen molar-refractivity contribution in [3.8, 4) is 0 Å². The van der Waals surface area contributed by atoms with Gasteiger partial charge < -0.3 is 9.80 Å². The lowest BCUT2D eigenvalue weighted by Gasteiger charge is -2.32. The number of hydrogen-bond donors (Lipinski definition) is 0. The van der Waals surface area contributed by atoms with Crippen LogP contribution in [0, 0.1) is 27.7 Å². The van der Waals surface area contributed by atoms with E-state index in [9.17, 15) is 8.42 Å². The van der Waals surface area contributed by atoms with Crippen LogP contribution in [-0.2, 0) is 10.0 Å². The Kier molecular flexibility index (Phi) is 6.65. The molecule has 142 valence electrons. The number of aryl methyl sites for hydroxylation is 2. The van der Waals surface area contributed by atoms with E-state index in [4.69, 9.17) is 0 Å². The molecule has 0 radical (unpaired) electrons. The normalized spacial score (nSPS) is 17.4. The maximum atomic E-state index is 13.1. The highest BCUT2D eigenvalue weighted by atomic mass is 32.2. The van der Waals surface area contributed by atoms with E-state index in [0.717, 1.165) is 61.4 Å². The summed E-state index contributed by atoms with van der Waals surface area (Å²) in [5.74, 6) is 0. The smallest absolute Gasteiger partial charge is 0.243 e. The minimum atomic E-state index is -3.45. The van der Waals surface area contributed by atoms with Crippen molar-refractivity contribution in [3.05, 3.63) is 28.3 Å². The molecule has 0 spiro atoms. The van der Waals surface area contributed by atoms with Crippen molar-refractivity contribution < 1.29 is 8.42 Å². The minimum Gasteiger partial charge on any atom is -0.304 e. The van der Waals surface area contributed by atoms with Gasteiger partial charge in [-0.1, -0.05) is 6.07 Å². The highest BCUT2D eigenvalue weighted by Crippen LogP contribution is 2.28. The van der Waals surface area contributed by atoms with Crippen LogP contribution in [0.15, 0.2) is 11.0 Å². The van der Waals surface area contributed by atoms with E-state index in [1.165, 1.54) is 4.31 Å². The van der Waals surface area contributed by atoms with Crippen LogP contribution in [0.3, 0.4) is 0 Å². The average Bonchev–Trinajstić information content (AvgIpc) is 2.54. The van der Waals surface area contributed by atoms with Gasteiger partial charge in [0.25, 0.3) is 0 Å². The number of rotatable bonds is 6. The first-order valence-corrected chi connectivity index (χ1v) is 10.5. The third-order valence-corrected chi connectivity index (χ3v) is 7.64. The van der Waals surface area contributed by atoms with Gasteiger partial charge in [-0.2, -0.15) is 0 Å². The van der Waals surface area contributed by atoms with E-state index in [-0.39, 0.29) is 0 Å². The van der Waals surface area contributed by atoms with E-state index in [2.05, 4.69) is 22.9 Å². The lowest BCUT2D eigenvalue weighted by Crippen LogP contribution is -2.45. The Morgan fingerprint density at radius 3 is 2.04 bits per heavy atom. The number of sulfonamides is 1. The molecule has 1 saturated heterocycles. The summed E-state index contributed by atoms with van der Waals surface area (Å²) in [5.41, 5.74) is 3.81. The third-order valence-electron chi connectivity index (χ3n) is 5.51. The number of hydrogen-bond acceptors (Lipinski definition) is 4. The Balaban J connectivity index is 2.05. The van der Waals surface area contributed by atoms with Gasteiger partial charge in [0.2, 0.25) is 10.0 Å². The Bertz CT molecular complexity index is 682. The van der Waals surface area contributed by atoms with Gasteiger partial charge in [0.15, 0.2) is 0 Å². The fourth-order valence-corrected chi connectivity index (χ4v) is 5.21. The third kappa shape index (κ3) is 4.61. The zero-order chi connectivity index (χ0) is 18.8. The summed E-state index contributed by atoms with van der Waals surface area (Å²) >= 11 is 0. The van der Waals surface area contributed by atoms with E-state index in [1.807, 2.05) is 27.7 Å². The number of piperazine rings is 1. The predicted molar refractivity (Wildman–Crippen MR) is 104 cm³/mol. The second kappa shape index (κ2) is 8.16. The van der Waals surface area contributed by atoms with Crippen molar-refractivity contribution in [3.63, 3.8) is 0 Å². The first-order valence-electron chi connectivity index (χ1n) is 9.09. The van der Waals surface area contributed by atoms with E-state index >= 15 is 0 Å². The van der Waals surface area contributed by atoms with Crippen molar-refractivity contribution in [1.82, 2.24) is 14.1 Å². The monoisotopic (exact) mass is 367 g/mol. The van der Waals surface area contributed by atoms with Crippen LogP contribution in [0.1, 0.15) is 28.7 Å². The van der Waals surface area contributed by atoms with Gasteiger partial charge in [-0.15, -0.1) is 0 Å². The molecule has 25 heavy (non-hydrogen) atoms. The Morgan fingerprint density at radius 2 is 1.52 bits per heavy atom. The van der Waals surface area contributed by atoms with E-state index in [0.29, 0.717) is 11.4 Å². The Morgan fingerprint density at radius 1 is 1.00 bits per heavy atom. The minimum absolute atomic E-state index is 0.493. The molecule has 0 atom stereocenters. The van der Waals surface area contributed by atoms with Gasteiger partial charge in [0, 0.05) is 39.8 Å². The first-order chi connectivity index (χ1) is 11.6. The van der Waals surface area contributed by atoms with Gasteiger partial charge in [-0.3, -0.25) is 0 Å². The van der Waals surface area contributed by atoms with Crippen molar-refractivity contribution in [2.45, 2.75) is 39.0 Å². The summed E-state index contributed by atoms with van der Waals surface area (Å²) in [6.07, 6.45) is 0.863. The summed E-state index contributed by atoms with van der Waals surface area (Å²) in [4.78, 5) is 5.25. The molecule has 0 aromatic heterocycles. The largest absolute Gasteiger partial charge is 0.304 e. The highest BCUT2D eigenvalue weighted by Gasteiger charge is 2.26. The molecule has 0 saturated carbocycles. The molecule has 1 heterocycles. The molecular formula is C19H33N3O2S. The van der Waals surface area contributed by atoms with Crippen LogP contribution in [-0.4, -0.2) is 75.9 Å². The second-order valence-corrected chi connectivity index (χ2v) is 9.40. The summed E-state index contributed by atoms with van der Waals surface area (Å²) in [5, 5.41) is 0. The molecular weight excluding hydrogens is 334 g/mol. The lowest BCUT2D eigenvalue weighted by atomic mass is 10.0. The highest BCUT2D eigenvalue weighted by molar-refractivity contribution is 7.89. The van der Waals surface area contributed by atoms with Crippen LogP contribution < -0.4 is 0 Å². The van der Waals surface area contributed by atoms with Crippen LogP contribution in [0.5, 0.6) is 0 Å². The van der Waals surface area contributed by atoms with Crippen LogP contribution in [0.2, 0.25) is 0 Å². The van der Waals surface area contributed by atoms with Crippen LogP contribution in [0.25, 0.3) is 0 Å². The van der Waals surface area contributed by atoms with Gasteiger partial charge in [0.05, 0.1) is 4.90 Å². The summed E-state index contributed by atoms with van der Waals surface area (Å²) in [6, 6.07) is 2.07. The first kappa shape index (κ1) is 20.4. The zero-order valence-electron chi connectivity index (χ0n) is 16.6. The number of nitrogens with zero attached hydrogens (tertiary/aromatic N) is 3. The molecule has 0 N–H and O–H groups in total. The SMILES string of the molecule is Cc1cc(C)c(C)c(S(=O)(=O)N(C)CCCN2CCN(C)CC2)c1C. The summed E-state index contributed by atoms with van der Waals surface area (Å²) in [7, 11) is 0.399. The molecule has 0 bridgehead atoms. The topological polar surface area (TPSA) is 43.9 Å². The Labute approximate surface area is 153 Å². The molecule has 1 aromatic carbocycles. The fourth-order valence-electron chi connectivity index (χ4n) is 3.43. The van der Waals surface area contributed by atoms with Crippen LogP contribution >= 0.6 is 0 Å². The van der Waals surface area contributed by atoms with Crippen molar-refractivity contribution in [2.75, 3.05) is 53.4 Å². The summed E-state index contributed by atoms with van der Waals surface area (Å²) < 4.78 is 27.7. The maximum absolute atomic E-state index is 13.1. The van der Waals surface area contributed by atoms with Crippen LogP contribution in [0.4, 0.5) is 0 Å². The molecule has 5 nitrogen and oxygen atoms in total. The molecule has 1 aliphatic heterocycles. The predicted octanol–water partition coefficient (Wildman–Crippen LogP) is 2.18. The summed E-state index contributed by atoms with van der Waals surface area (Å²) in [6.45, 7) is 13.6. The molecule has 2 rings (SSSR count). The maximum Gasteiger partial charge on any atom is 0.243 e. The fraction of sp³-hybridized carbons (Fsp3) is 0.684. The molecule has 1 fully saturated rings. The molecule has 1 aromatic rings. The van der Waals surface area contributed by atoms with Crippen molar-refractivity contribution >= 4 is 10.0 Å². The zero-order valence-corrected chi connectivity index (χ0v) is 17.4. The molecule has 0 aliphatic carbocycles. The van der Waals surface area contributed by atoms with Crippen molar-refractivity contribution in [2.24, 2.45) is 0 Å². The van der Waals surface area contributed by atoms with Gasteiger partial charge in [-0.25, -0.2) is 12.7 Å². The van der Waals surface area contributed by atoms with E-state index < -0.39 is 10.0 Å². The lowest BCUT2D eigenvalue weighted by molar-refractivity contribution is 0.151. The van der Waals surface area contributed by atoms with Gasteiger partial charge >= 0.3 is 0 Å². The van der Waals surface area contributed by atoms with Crippen molar-refractivity contribution in [1.29, 1.82) is 0 Å². The molecule has 1 aliphatic rings. The van der Waals surface area contributed by atoms with Gasteiger partial charge in [0.1, 0.15) is 0 Å². The van der Waals surface area contributed by atoms with Gasteiger partial charge in [-0.05, 0) is 70.0 Å². The molecule has 0 amide bonds. The standard InChI is InChI=1S/C19H33N3O2S/c1-15-14-16(2)18(4)19(17(15)3)25(23,24)21(6)8-7-9-22-12-10-20(5)11-13-22/h14H,7-13H2,1-6H3.